The smallest absolute Gasteiger partial charge is 1.00 e. The summed E-state index contributed by atoms with van der Waals surface area (Å²) in [5.41, 5.74) is 1.96. The Bertz CT molecular complexity index is 916. The van der Waals surface area contributed by atoms with Gasteiger partial charge in [-0.1, -0.05) is 35.9 Å². The molecule has 0 radical (unpaired) electrons. The van der Waals surface area contributed by atoms with Crippen LogP contribution in [0.1, 0.15) is 23.7 Å². The fourth-order valence-corrected chi connectivity index (χ4v) is 3.06. The third-order valence-corrected chi connectivity index (χ3v) is 4.56. The molecule has 1 unspecified atom stereocenters. The number of rotatable bonds is 3. The quantitative estimate of drug-likeness (QED) is 0.795. The molecule has 2 aromatic rings. The van der Waals surface area contributed by atoms with Crippen LogP contribution in [0.2, 0.25) is 5.02 Å². The molecular formula is C19H15ClF3NaO3. The van der Waals surface area contributed by atoms with Crippen LogP contribution in [0.4, 0.5) is 13.2 Å². The first-order chi connectivity index (χ1) is 12.2. The molecule has 2 aromatic carbocycles. The van der Waals surface area contributed by atoms with Crippen molar-refractivity contribution >= 4 is 23.6 Å². The van der Waals surface area contributed by atoms with Crippen molar-refractivity contribution in [3.8, 4) is 5.75 Å². The van der Waals surface area contributed by atoms with Crippen LogP contribution in [-0.2, 0) is 11.2 Å². The molecule has 0 amide bonds. The molecule has 0 bridgehead atoms. The third kappa shape index (κ3) is 4.69. The first-order valence-corrected chi connectivity index (χ1v) is 8.10. The van der Waals surface area contributed by atoms with Gasteiger partial charge in [0.25, 0.3) is 0 Å². The van der Waals surface area contributed by atoms with E-state index >= 15 is 0 Å². The predicted octanol–water partition coefficient (Wildman–Crippen LogP) is 2.15. The minimum absolute atomic E-state index is 0. The van der Waals surface area contributed by atoms with E-state index in [2.05, 4.69) is 0 Å². The van der Waals surface area contributed by atoms with Gasteiger partial charge >= 0.3 is 41.7 Å². The molecule has 3 nitrogen and oxygen atoms in total. The summed E-state index contributed by atoms with van der Waals surface area (Å²) < 4.78 is 44.5. The SMILES string of the molecule is Cc1ccccc1Cc1cc2c(cc1Cl)C=C(C(=O)O)C(C(F)(F)F)O2.[H-].[Na+]. The Morgan fingerprint density at radius 3 is 2.52 bits per heavy atom. The van der Waals surface area contributed by atoms with E-state index in [4.69, 9.17) is 21.4 Å². The van der Waals surface area contributed by atoms with Gasteiger partial charge in [-0.05, 0) is 48.2 Å². The summed E-state index contributed by atoms with van der Waals surface area (Å²) in [4.78, 5) is 11.2. The molecule has 1 heterocycles. The van der Waals surface area contributed by atoms with Gasteiger partial charge in [0.15, 0.2) is 0 Å². The van der Waals surface area contributed by atoms with E-state index in [1.165, 1.54) is 12.1 Å². The van der Waals surface area contributed by atoms with E-state index < -0.39 is 23.8 Å². The van der Waals surface area contributed by atoms with Crippen molar-refractivity contribution in [2.24, 2.45) is 0 Å². The number of benzene rings is 2. The molecule has 1 N–H and O–H groups in total. The van der Waals surface area contributed by atoms with Crippen LogP contribution in [0.5, 0.6) is 5.75 Å². The number of aryl methyl sites for hydroxylation is 1. The van der Waals surface area contributed by atoms with Crippen molar-refractivity contribution in [2.45, 2.75) is 25.6 Å². The van der Waals surface area contributed by atoms with Crippen LogP contribution in [0, 0.1) is 6.92 Å². The Labute approximate surface area is 182 Å². The number of fused-ring (bicyclic) bond motifs is 1. The summed E-state index contributed by atoms with van der Waals surface area (Å²) >= 11 is 6.26. The Kier molecular flexibility index (Phi) is 6.68. The number of hydrogen-bond donors (Lipinski definition) is 1. The number of hydrogen-bond acceptors (Lipinski definition) is 2. The van der Waals surface area contributed by atoms with Gasteiger partial charge in [-0.3, -0.25) is 0 Å². The Hall–Kier alpha value is -1.47. The van der Waals surface area contributed by atoms with Gasteiger partial charge < -0.3 is 11.3 Å². The summed E-state index contributed by atoms with van der Waals surface area (Å²) in [7, 11) is 0. The first-order valence-electron chi connectivity index (χ1n) is 7.72. The fourth-order valence-electron chi connectivity index (χ4n) is 2.83. The summed E-state index contributed by atoms with van der Waals surface area (Å²) in [6.45, 7) is 1.93. The van der Waals surface area contributed by atoms with Gasteiger partial charge in [-0.25, -0.2) is 4.79 Å². The normalized spacial score (nSPS) is 15.9. The zero-order valence-corrected chi connectivity index (χ0v) is 17.4. The zero-order chi connectivity index (χ0) is 19.1. The standard InChI is InChI=1S/C19H14ClF3O3.Na.H/c1-10-4-2-3-5-11(10)6-12-9-16-13(8-15(12)20)7-14(18(24)25)17(26-16)19(21,22)23;;/h2-5,7-9,17H,6H2,1H3,(H,24,25);;/q;+1;-1. The van der Waals surface area contributed by atoms with E-state index in [-0.39, 0.29) is 42.3 Å². The molecule has 0 saturated heterocycles. The molecular weight excluding hydrogens is 392 g/mol. The van der Waals surface area contributed by atoms with E-state index in [9.17, 15) is 18.0 Å². The van der Waals surface area contributed by atoms with Crippen LogP contribution >= 0.6 is 11.6 Å². The van der Waals surface area contributed by atoms with Crippen molar-refractivity contribution < 1.29 is 58.8 Å². The third-order valence-electron chi connectivity index (χ3n) is 4.20. The summed E-state index contributed by atoms with van der Waals surface area (Å²) in [5.74, 6) is -1.72. The van der Waals surface area contributed by atoms with Gasteiger partial charge in [-0.2, -0.15) is 13.2 Å². The number of carboxylic acids is 1. The average molecular weight is 407 g/mol. The number of ether oxygens (including phenoxy) is 1. The van der Waals surface area contributed by atoms with E-state index in [1.807, 2.05) is 31.2 Å². The molecule has 8 heteroatoms. The molecule has 3 rings (SSSR count). The molecule has 138 valence electrons. The van der Waals surface area contributed by atoms with Gasteiger partial charge in [0, 0.05) is 10.6 Å². The maximum atomic E-state index is 13.2. The fraction of sp³-hybridized carbons (Fsp3) is 0.211. The zero-order valence-electron chi connectivity index (χ0n) is 15.6. The number of carboxylic acid groups (broad SMARTS) is 1. The van der Waals surface area contributed by atoms with Crippen molar-refractivity contribution in [3.63, 3.8) is 0 Å². The molecule has 0 fully saturated rings. The summed E-state index contributed by atoms with van der Waals surface area (Å²) in [6.07, 6.45) is -5.96. The second-order valence-electron chi connectivity index (χ2n) is 6.03. The Morgan fingerprint density at radius 1 is 1.26 bits per heavy atom. The van der Waals surface area contributed by atoms with Gasteiger partial charge in [0.2, 0.25) is 6.10 Å². The molecule has 1 aliphatic heterocycles. The second-order valence-corrected chi connectivity index (χ2v) is 6.44. The molecule has 0 spiro atoms. The van der Waals surface area contributed by atoms with E-state index in [1.54, 1.807) is 0 Å². The van der Waals surface area contributed by atoms with E-state index in [0.717, 1.165) is 17.2 Å². The molecule has 1 atom stereocenters. The Balaban J connectivity index is 0.00000196. The van der Waals surface area contributed by atoms with Crippen LogP contribution in [-0.4, -0.2) is 23.4 Å². The molecule has 1 aliphatic rings. The number of aliphatic carboxylic acids is 1. The largest absolute Gasteiger partial charge is 1.00 e. The van der Waals surface area contributed by atoms with Crippen LogP contribution in [0.25, 0.3) is 6.08 Å². The van der Waals surface area contributed by atoms with Gasteiger partial charge in [0.05, 0.1) is 5.57 Å². The van der Waals surface area contributed by atoms with Gasteiger partial charge in [-0.15, -0.1) is 0 Å². The van der Waals surface area contributed by atoms with Crippen molar-refractivity contribution in [2.75, 3.05) is 0 Å². The molecule has 0 aliphatic carbocycles. The summed E-state index contributed by atoms with van der Waals surface area (Å²) in [5, 5.41) is 9.40. The van der Waals surface area contributed by atoms with Crippen LogP contribution < -0.4 is 34.3 Å². The van der Waals surface area contributed by atoms with Gasteiger partial charge in [0.1, 0.15) is 5.75 Å². The molecule has 0 aromatic heterocycles. The maximum absolute atomic E-state index is 13.2. The molecule has 0 saturated carbocycles. The molecule has 27 heavy (non-hydrogen) atoms. The minimum atomic E-state index is -4.84. The van der Waals surface area contributed by atoms with Crippen molar-refractivity contribution in [1.29, 1.82) is 0 Å². The minimum Gasteiger partial charge on any atom is -1.00 e. The number of halogens is 4. The topological polar surface area (TPSA) is 46.5 Å². The number of alkyl halides is 3. The Morgan fingerprint density at radius 2 is 1.93 bits per heavy atom. The second kappa shape index (κ2) is 8.27. The van der Waals surface area contributed by atoms with E-state index in [0.29, 0.717) is 17.0 Å². The van der Waals surface area contributed by atoms with Crippen LogP contribution in [0.3, 0.4) is 0 Å². The van der Waals surface area contributed by atoms with Crippen molar-refractivity contribution in [3.05, 3.63) is 69.2 Å². The number of carbonyl (C=O) groups is 1. The predicted molar refractivity (Wildman–Crippen MR) is 92.6 cm³/mol. The maximum Gasteiger partial charge on any atom is 1.00 e. The van der Waals surface area contributed by atoms with Crippen molar-refractivity contribution in [1.82, 2.24) is 0 Å². The van der Waals surface area contributed by atoms with Crippen LogP contribution in [0.15, 0.2) is 42.0 Å². The summed E-state index contributed by atoms with van der Waals surface area (Å²) in [6, 6.07) is 10.5. The first kappa shape index (κ1) is 21.8. The monoisotopic (exact) mass is 406 g/mol. The average Bonchev–Trinajstić information content (AvgIpc) is 2.55.